The van der Waals surface area contributed by atoms with Crippen molar-refractivity contribution in [3.8, 4) is 0 Å². The van der Waals surface area contributed by atoms with E-state index in [0.29, 0.717) is 12.0 Å². The lowest BCUT2D eigenvalue weighted by Gasteiger charge is -2.27. The zero-order valence-corrected chi connectivity index (χ0v) is 13.5. The second-order valence-corrected chi connectivity index (χ2v) is 6.46. The highest BCUT2D eigenvalue weighted by atomic mass is 79.9. The molecule has 1 atom stereocenters. The molecule has 0 aromatic heterocycles. The van der Waals surface area contributed by atoms with Crippen molar-refractivity contribution < 1.29 is 9.18 Å². The van der Waals surface area contributed by atoms with Crippen LogP contribution in [0.3, 0.4) is 0 Å². The molecule has 1 N–H and O–H groups in total. The Labute approximate surface area is 132 Å². The molecule has 1 aliphatic heterocycles. The number of rotatable bonds is 1. The van der Waals surface area contributed by atoms with E-state index in [2.05, 4.69) is 37.2 Å². The molecule has 20 heavy (non-hydrogen) atoms. The number of ketones is 1. The van der Waals surface area contributed by atoms with Crippen molar-refractivity contribution in [1.29, 1.82) is 0 Å². The third kappa shape index (κ3) is 2.52. The fourth-order valence-electron chi connectivity index (χ4n) is 2.36. The van der Waals surface area contributed by atoms with E-state index in [4.69, 9.17) is 0 Å². The maximum absolute atomic E-state index is 13.0. The van der Waals surface area contributed by atoms with Crippen molar-refractivity contribution >= 4 is 43.3 Å². The summed E-state index contributed by atoms with van der Waals surface area (Å²) < 4.78 is 14.7. The summed E-state index contributed by atoms with van der Waals surface area (Å²) in [6.07, 6.45) is 0.363. The van der Waals surface area contributed by atoms with Crippen molar-refractivity contribution in [3.63, 3.8) is 0 Å². The topological polar surface area (TPSA) is 29.1 Å². The zero-order valence-electron chi connectivity index (χ0n) is 10.3. The van der Waals surface area contributed by atoms with Crippen LogP contribution < -0.4 is 5.32 Å². The molecule has 3 rings (SSSR count). The second kappa shape index (κ2) is 5.30. The minimum Gasteiger partial charge on any atom is -0.376 e. The molecular formula is C15H10Br2FNO. The zero-order chi connectivity index (χ0) is 14.3. The Bertz CT molecular complexity index is 685. The lowest BCUT2D eigenvalue weighted by molar-refractivity contribution is 0.0972. The van der Waals surface area contributed by atoms with Gasteiger partial charge in [0, 0.05) is 20.9 Å². The first-order valence-corrected chi connectivity index (χ1v) is 7.67. The third-order valence-corrected chi connectivity index (χ3v) is 4.42. The highest BCUT2D eigenvalue weighted by Crippen LogP contribution is 2.39. The van der Waals surface area contributed by atoms with Crippen LogP contribution in [0.15, 0.2) is 45.3 Å². The Balaban J connectivity index is 2.00. The van der Waals surface area contributed by atoms with Gasteiger partial charge in [-0.25, -0.2) is 4.39 Å². The van der Waals surface area contributed by atoms with Crippen LogP contribution in [0.5, 0.6) is 0 Å². The number of halogens is 3. The van der Waals surface area contributed by atoms with E-state index in [0.717, 1.165) is 20.2 Å². The van der Waals surface area contributed by atoms with Crippen molar-refractivity contribution in [1.82, 2.24) is 0 Å². The van der Waals surface area contributed by atoms with E-state index in [-0.39, 0.29) is 17.6 Å². The molecule has 2 aromatic carbocycles. The normalized spacial score (nSPS) is 17.6. The molecule has 0 bridgehead atoms. The lowest BCUT2D eigenvalue weighted by atomic mass is 9.92. The van der Waals surface area contributed by atoms with Crippen molar-refractivity contribution in [2.75, 3.05) is 5.32 Å². The Morgan fingerprint density at radius 2 is 1.85 bits per heavy atom. The summed E-state index contributed by atoms with van der Waals surface area (Å²) in [5.41, 5.74) is 2.36. The predicted molar refractivity (Wildman–Crippen MR) is 83.6 cm³/mol. The number of hydrogen-bond donors (Lipinski definition) is 1. The van der Waals surface area contributed by atoms with Gasteiger partial charge in [0.2, 0.25) is 0 Å². The molecule has 1 aliphatic rings. The van der Waals surface area contributed by atoms with Crippen LogP contribution in [-0.4, -0.2) is 5.78 Å². The van der Waals surface area contributed by atoms with Crippen LogP contribution in [0.25, 0.3) is 0 Å². The Morgan fingerprint density at radius 3 is 2.55 bits per heavy atom. The summed E-state index contributed by atoms with van der Waals surface area (Å²) in [5.74, 6) is -0.198. The van der Waals surface area contributed by atoms with Crippen LogP contribution in [-0.2, 0) is 0 Å². The van der Waals surface area contributed by atoms with Crippen LogP contribution in [0, 0.1) is 5.82 Å². The van der Waals surface area contributed by atoms with Crippen molar-refractivity contribution in [2.24, 2.45) is 0 Å². The SMILES string of the molecule is O=C1CC(c2ccc(F)cc2)Nc2c(Br)cc(Br)cc21. The first-order chi connectivity index (χ1) is 9.54. The Morgan fingerprint density at radius 1 is 1.15 bits per heavy atom. The van der Waals surface area contributed by atoms with Gasteiger partial charge in [0.05, 0.1) is 11.7 Å². The molecule has 0 spiro atoms. The first kappa shape index (κ1) is 13.8. The Hall–Kier alpha value is -1.20. The minimum absolute atomic E-state index is 0.0788. The molecule has 0 amide bonds. The summed E-state index contributed by atoms with van der Waals surface area (Å²) in [4.78, 5) is 12.3. The molecule has 0 fully saturated rings. The van der Waals surface area contributed by atoms with Crippen molar-refractivity contribution in [3.05, 3.63) is 62.3 Å². The molecule has 2 aromatic rings. The third-order valence-electron chi connectivity index (χ3n) is 3.34. The molecular weight excluding hydrogens is 389 g/mol. The lowest BCUT2D eigenvalue weighted by Crippen LogP contribution is -2.23. The summed E-state index contributed by atoms with van der Waals surface area (Å²) >= 11 is 6.85. The molecule has 0 saturated carbocycles. The van der Waals surface area contributed by atoms with Gasteiger partial charge in [-0.05, 0) is 45.8 Å². The van der Waals surface area contributed by atoms with Gasteiger partial charge < -0.3 is 5.32 Å². The average Bonchev–Trinajstić information content (AvgIpc) is 2.40. The van der Waals surface area contributed by atoms with E-state index in [9.17, 15) is 9.18 Å². The van der Waals surface area contributed by atoms with Gasteiger partial charge in [0.25, 0.3) is 0 Å². The maximum Gasteiger partial charge on any atom is 0.167 e. The van der Waals surface area contributed by atoms with E-state index in [1.807, 2.05) is 12.1 Å². The predicted octanol–water partition coefficient (Wildman–Crippen LogP) is 5.09. The van der Waals surface area contributed by atoms with Crippen LogP contribution >= 0.6 is 31.9 Å². The number of carbonyl (C=O) groups is 1. The summed E-state index contributed by atoms with van der Waals surface area (Å²) in [6.45, 7) is 0. The molecule has 1 unspecified atom stereocenters. The molecule has 102 valence electrons. The summed E-state index contributed by atoms with van der Waals surface area (Å²) in [7, 11) is 0. The molecule has 1 heterocycles. The van der Waals surface area contributed by atoms with Gasteiger partial charge in [-0.3, -0.25) is 4.79 Å². The quantitative estimate of drug-likeness (QED) is 0.724. The van der Waals surface area contributed by atoms with Crippen LogP contribution in [0.1, 0.15) is 28.4 Å². The number of nitrogens with one attached hydrogen (secondary N) is 1. The monoisotopic (exact) mass is 397 g/mol. The van der Waals surface area contributed by atoms with Gasteiger partial charge in [0.15, 0.2) is 5.78 Å². The molecule has 0 saturated heterocycles. The van der Waals surface area contributed by atoms with Gasteiger partial charge in [-0.15, -0.1) is 0 Å². The molecule has 2 nitrogen and oxygen atoms in total. The molecule has 0 aliphatic carbocycles. The fraction of sp³-hybridized carbons (Fsp3) is 0.133. The number of benzene rings is 2. The summed E-state index contributed by atoms with van der Waals surface area (Å²) in [5, 5.41) is 3.35. The molecule has 5 heteroatoms. The minimum atomic E-state index is -0.276. The number of fused-ring (bicyclic) bond motifs is 1. The fourth-order valence-corrected chi connectivity index (χ4v) is 3.70. The second-order valence-electron chi connectivity index (χ2n) is 4.69. The smallest absolute Gasteiger partial charge is 0.167 e. The highest BCUT2D eigenvalue weighted by Gasteiger charge is 2.27. The highest BCUT2D eigenvalue weighted by molar-refractivity contribution is 9.11. The van der Waals surface area contributed by atoms with Crippen LogP contribution in [0.4, 0.5) is 10.1 Å². The Kier molecular flexibility index (Phi) is 3.65. The van der Waals surface area contributed by atoms with Crippen LogP contribution in [0.2, 0.25) is 0 Å². The van der Waals surface area contributed by atoms with Gasteiger partial charge in [0.1, 0.15) is 5.82 Å². The first-order valence-electron chi connectivity index (χ1n) is 6.09. The number of Topliss-reactive ketones (excluding diaryl/α,β-unsaturated/α-hetero) is 1. The van der Waals surface area contributed by atoms with E-state index in [1.54, 1.807) is 12.1 Å². The van der Waals surface area contributed by atoms with E-state index < -0.39 is 0 Å². The standard InChI is InChI=1S/C15H10Br2FNO/c16-9-5-11-14(20)7-13(19-15(11)12(17)6-9)8-1-3-10(18)4-2-8/h1-6,13,19H,7H2. The largest absolute Gasteiger partial charge is 0.376 e. The van der Waals surface area contributed by atoms with E-state index >= 15 is 0 Å². The van der Waals surface area contributed by atoms with E-state index in [1.165, 1.54) is 12.1 Å². The van der Waals surface area contributed by atoms with Gasteiger partial charge in [-0.1, -0.05) is 28.1 Å². The average molecular weight is 399 g/mol. The van der Waals surface area contributed by atoms with Gasteiger partial charge in [-0.2, -0.15) is 0 Å². The number of carbonyl (C=O) groups excluding carboxylic acids is 1. The summed E-state index contributed by atoms with van der Waals surface area (Å²) in [6, 6.07) is 9.81. The van der Waals surface area contributed by atoms with Gasteiger partial charge >= 0.3 is 0 Å². The number of anilines is 1. The van der Waals surface area contributed by atoms with Crippen molar-refractivity contribution in [2.45, 2.75) is 12.5 Å². The number of hydrogen-bond acceptors (Lipinski definition) is 2. The molecule has 0 radical (unpaired) electrons. The maximum atomic E-state index is 13.0.